The van der Waals surface area contributed by atoms with Crippen LogP contribution in [0.15, 0.2) is 0 Å². The predicted octanol–water partition coefficient (Wildman–Crippen LogP) is -3.84. The van der Waals surface area contributed by atoms with Gasteiger partial charge in [-0.25, -0.2) is 0 Å². The van der Waals surface area contributed by atoms with Gasteiger partial charge in [-0.3, -0.25) is 4.79 Å². The van der Waals surface area contributed by atoms with Crippen LogP contribution in [0.4, 0.5) is 0 Å². The largest absolute Gasteiger partial charge is 0.394 e. The molecule has 1 fully saturated rings. The van der Waals surface area contributed by atoms with E-state index in [-0.39, 0.29) is 5.75 Å². The highest BCUT2D eigenvalue weighted by Crippen LogP contribution is 2.19. The van der Waals surface area contributed by atoms with Crippen molar-refractivity contribution in [2.24, 2.45) is 5.73 Å². The molecule has 1 amide bonds. The van der Waals surface area contributed by atoms with Gasteiger partial charge in [-0.2, -0.15) is 12.6 Å². The van der Waals surface area contributed by atoms with E-state index in [1.165, 1.54) is 0 Å². The van der Waals surface area contributed by atoms with E-state index in [1.807, 2.05) is 0 Å². The van der Waals surface area contributed by atoms with Crippen LogP contribution >= 0.6 is 12.6 Å². The number of carbonyl (C=O) groups is 1. The SMILES string of the molecule is N[C@@H](CS)C(=O)N[C@H]1[C@@H](O)[C@H](O)[C@@H](CO)O[C@@H]1O. The lowest BCUT2D eigenvalue weighted by Gasteiger charge is -2.40. The lowest BCUT2D eigenvalue weighted by molar-refractivity contribution is -0.253. The van der Waals surface area contributed by atoms with Gasteiger partial charge < -0.3 is 36.2 Å². The molecule has 0 bridgehead atoms. The average Bonchev–Trinajstić information content (AvgIpc) is 2.37. The van der Waals surface area contributed by atoms with Crippen molar-refractivity contribution in [3.63, 3.8) is 0 Å². The van der Waals surface area contributed by atoms with Gasteiger partial charge >= 0.3 is 0 Å². The van der Waals surface area contributed by atoms with Crippen molar-refractivity contribution in [1.29, 1.82) is 0 Å². The number of rotatable bonds is 4. The van der Waals surface area contributed by atoms with Crippen molar-refractivity contribution in [1.82, 2.24) is 5.32 Å². The van der Waals surface area contributed by atoms with Crippen LogP contribution in [0, 0.1) is 0 Å². The molecule has 1 saturated heterocycles. The first-order valence-electron chi connectivity index (χ1n) is 5.39. The van der Waals surface area contributed by atoms with Gasteiger partial charge in [-0.15, -0.1) is 0 Å². The fourth-order valence-corrected chi connectivity index (χ4v) is 1.77. The topological polar surface area (TPSA) is 145 Å². The van der Waals surface area contributed by atoms with Gasteiger partial charge in [0.25, 0.3) is 0 Å². The summed E-state index contributed by atoms with van der Waals surface area (Å²) in [6.07, 6.45) is -5.55. The van der Waals surface area contributed by atoms with Crippen LogP contribution < -0.4 is 11.1 Å². The Hall–Kier alpha value is -0.420. The van der Waals surface area contributed by atoms with Gasteiger partial charge in [-0.05, 0) is 0 Å². The summed E-state index contributed by atoms with van der Waals surface area (Å²) in [7, 11) is 0. The number of hydrogen-bond acceptors (Lipinski definition) is 8. The molecule has 0 aromatic rings. The Morgan fingerprint density at radius 2 is 2.00 bits per heavy atom. The van der Waals surface area contributed by atoms with E-state index in [1.54, 1.807) is 0 Å². The van der Waals surface area contributed by atoms with Crippen LogP contribution in [-0.4, -0.2) is 75.4 Å². The molecule has 1 aliphatic rings. The molecule has 9 heteroatoms. The molecule has 1 rings (SSSR count). The summed E-state index contributed by atoms with van der Waals surface area (Å²) < 4.78 is 4.87. The number of hydrogen-bond donors (Lipinski definition) is 7. The first-order valence-corrected chi connectivity index (χ1v) is 6.03. The highest BCUT2D eigenvalue weighted by atomic mass is 32.1. The minimum absolute atomic E-state index is 0.0907. The number of thiol groups is 1. The smallest absolute Gasteiger partial charge is 0.238 e. The van der Waals surface area contributed by atoms with Gasteiger partial charge in [0.2, 0.25) is 5.91 Å². The second kappa shape index (κ2) is 6.66. The number of nitrogens with one attached hydrogen (secondary N) is 1. The first kappa shape index (κ1) is 15.6. The molecule has 1 heterocycles. The Bertz CT molecular complexity index is 294. The van der Waals surface area contributed by atoms with Crippen molar-refractivity contribution in [3.05, 3.63) is 0 Å². The molecule has 0 aromatic heterocycles. The lowest BCUT2D eigenvalue weighted by Crippen LogP contribution is -2.65. The molecular weight excluding hydrogens is 264 g/mol. The molecule has 6 atom stereocenters. The van der Waals surface area contributed by atoms with Gasteiger partial charge in [-0.1, -0.05) is 0 Å². The molecule has 0 saturated carbocycles. The maximum atomic E-state index is 11.5. The third kappa shape index (κ3) is 3.32. The molecule has 0 spiro atoms. The highest BCUT2D eigenvalue weighted by molar-refractivity contribution is 7.80. The van der Waals surface area contributed by atoms with Crippen LogP contribution in [0.5, 0.6) is 0 Å². The van der Waals surface area contributed by atoms with Crippen molar-refractivity contribution in [2.75, 3.05) is 12.4 Å². The number of aliphatic hydroxyl groups is 4. The molecule has 0 radical (unpaired) electrons. The highest BCUT2D eigenvalue weighted by Gasteiger charge is 2.44. The molecule has 1 aliphatic heterocycles. The Balaban J connectivity index is 2.68. The quantitative estimate of drug-likeness (QED) is 0.261. The Morgan fingerprint density at radius 1 is 1.39 bits per heavy atom. The van der Waals surface area contributed by atoms with Crippen LogP contribution in [0.25, 0.3) is 0 Å². The second-order valence-electron chi connectivity index (χ2n) is 4.05. The Labute approximate surface area is 109 Å². The maximum Gasteiger partial charge on any atom is 0.238 e. The second-order valence-corrected chi connectivity index (χ2v) is 4.42. The van der Waals surface area contributed by atoms with Crippen LogP contribution in [0.1, 0.15) is 0 Å². The summed E-state index contributed by atoms with van der Waals surface area (Å²) >= 11 is 3.84. The van der Waals surface area contributed by atoms with E-state index < -0.39 is 49.2 Å². The summed E-state index contributed by atoms with van der Waals surface area (Å²) in [4.78, 5) is 11.5. The van der Waals surface area contributed by atoms with E-state index in [2.05, 4.69) is 17.9 Å². The summed E-state index contributed by atoms with van der Waals surface area (Å²) in [5.41, 5.74) is 5.42. The minimum Gasteiger partial charge on any atom is -0.394 e. The van der Waals surface area contributed by atoms with E-state index in [9.17, 15) is 20.1 Å². The van der Waals surface area contributed by atoms with E-state index in [0.717, 1.165) is 0 Å². The molecule has 0 aliphatic carbocycles. The zero-order valence-corrected chi connectivity index (χ0v) is 10.4. The number of amides is 1. The zero-order valence-electron chi connectivity index (χ0n) is 9.51. The lowest BCUT2D eigenvalue weighted by atomic mass is 9.97. The molecular formula is C9H18N2O6S. The Kier molecular flexibility index (Phi) is 5.79. The van der Waals surface area contributed by atoms with E-state index in [4.69, 9.17) is 15.6 Å². The van der Waals surface area contributed by atoms with E-state index >= 15 is 0 Å². The molecule has 0 unspecified atom stereocenters. The summed E-state index contributed by atoms with van der Waals surface area (Å²) in [6, 6.07) is -2.12. The minimum atomic E-state index is -1.54. The normalized spacial score (nSPS) is 38.2. The maximum absolute atomic E-state index is 11.5. The first-order chi connectivity index (χ1) is 8.42. The molecule has 7 N–H and O–H groups in total. The number of carbonyl (C=O) groups excluding carboxylic acids is 1. The third-order valence-corrected chi connectivity index (χ3v) is 3.14. The number of nitrogens with two attached hydrogens (primary N) is 1. The number of aliphatic hydroxyl groups excluding tert-OH is 4. The van der Waals surface area contributed by atoms with Gasteiger partial charge in [0.15, 0.2) is 6.29 Å². The van der Waals surface area contributed by atoms with Crippen molar-refractivity contribution in [3.8, 4) is 0 Å². The average molecular weight is 282 g/mol. The zero-order chi connectivity index (χ0) is 13.9. The van der Waals surface area contributed by atoms with Crippen LogP contribution in [0.2, 0.25) is 0 Å². The molecule has 0 aromatic carbocycles. The molecule has 18 heavy (non-hydrogen) atoms. The summed E-state index contributed by atoms with van der Waals surface area (Å²) in [5, 5.41) is 40.0. The van der Waals surface area contributed by atoms with E-state index in [0.29, 0.717) is 0 Å². The van der Waals surface area contributed by atoms with Gasteiger partial charge in [0.05, 0.1) is 12.6 Å². The monoisotopic (exact) mass is 282 g/mol. The molecule has 106 valence electrons. The third-order valence-electron chi connectivity index (χ3n) is 2.74. The number of ether oxygens (including phenoxy) is 1. The molecule has 8 nitrogen and oxygen atoms in total. The predicted molar refractivity (Wildman–Crippen MR) is 63.7 cm³/mol. The summed E-state index contributed by atoms with van der Waals surface area (Å²) in [6.45, 7) is -0.563. The van der Waals surface area contributed by atoms with Gasteiger partial charge in [0, 0.05) is 5.75 Å². The standard InChI is InChI=1S/C9H18N2O6S/c10-3(2-18)8(15)11-5-7(14)6(13)4(1-12)17-9(5)16/h3-7,9,12-14,16,18H,1-2,10H2,(H,11,15)/t3-,4+,5-,6+,7+,9-/m0/s1. The fourth-order valence-electron chi connectivity index (χ4n) is 1.61. The van der Waals surface area contributed by atoms with Crippen LogP contribution in [-0.2, 0) is 9.53 Å². The van der Waals surface area contributed by atoms with Crippen molar-refractivity contribution in [2.45, 2.75) is 36.7 Å². The van der Waals surface area contributed by atoms with Crippen LogP contribution in [0.3, 0.4) is 0 Å². The summed E-state index contributed by atoms with van der Waals surface area (Å²) in [5.74, 6) is -0.542. The van der Waals surface area contributed by atoms with Crippen molar-refractivity contribution < 1.29 is 30.0 Å². The fraction of sp³-hybridized carbons (Fsp3) is 0.889. The van der Waals surface area contributed by atoms with Crippen molar-refractivity contribution >= 4 is 18.5 Å². The van der Waals surface area contributed by atoms with Gasteiger partial charge in [0.1, 0.15) is 24.4 Å². The Morgan fingerprint density at radius 3 is 2.50 bits per heavy atom.